The SMILES string of the molecule is OC1(c2cncc3ccccc23)C=CCCC1. The highest BCUT2D eigenvalue weighted by Gasteiger charge is 2.29. The molecule has 2 heteroatoms. The number of aromatic nitrogens is 1. The van der Waals surface area contributed by atoms with Crippen molar-refractivity contribution in [2.24, 2.45) is 0 Å². The Labute approximate surface area is 101 Å². The molecule has 1 aliphatic carbocycles. The molecule has 0 saturated carbocycles. The van der Waals surface area contributed by atoms with Crippen molar-refractivity contribution < 1.29 is 5.11 Å². The monoisotopic (exact) mass is 225 g/mol. The van der Waals surface area contributed by atoms with Crippen molar-refractivity contribution in [2.75, 3.05) is 0 Å². The van der Waals surface area contributed by atoms with Crippen molar-refractivity contribution in [1.29, 1.82) is 0 Å². The molecule has 0 fully saturated rings. The number of nitrogens with zero attached hydrogens (tertiary/aromatic N) is 1. The fourth-order valence-corrected chi connectivity index (χ4v) is 2.54. The van der Waals surface area contributed by atoms with Crippen LogP contribution in [0, 0.1) is 0 Å². The van der Waals surface area contributed by atoms with Gasteiger partial charge in [0, 0.05) is 23.3 Å². The van der Waals surface area contributed by atoms with Crippen LogP contribution in [-0.4, -0.2) is 10.1 Å². The minimum absolute atomic E-state index is 0.777. The van der Waals surface area contributed by atoms with Crippen molar-refractivity contribution in [3.05, 3.63) is 54.4 Å². The summed E-state index contributed by atoms with van der Waals surface area (Å²) in [6.45, 7) is 0. The Morgan fingerprint density at radius 3 is 2.88 bits per heavy atom. The van der Waals surface area contributed by atoms with Crippen LogP contribution in [0.3, 0.4) is 0 Å². The van der Waals surface area contributed by atoms with Crippen LogP contribution in [0.5, 0.6) is 0 Å². The molecule has 1 aromatic heterocycles. The number of allylic oxidation sites excluding steroid dienone is 1. The Hall–Kier alpha value is -1.67. The molecule has 1 unspecified atom stereocenters. The topological polar surface area (TPSA) is 33.1 Å². The normalized spacial score (nSPS) is 24.1. The lowest BCUT2D eigenvalue weighted by Crippen LogP contribution is -2.25. The summed E-state index contributed by atoms with van der Waals surface area (Å²) in [4.78, 5) is 4.24. The Balaban J connectivity index is 2.23. The molecule has 1 heterocycles. The molecule has 86 valence electrons. The van der Waals surface area contributed by atoms with Crippen molar-refractivity contribution in [2.45, 2.75) is 24.9 Å². The van der Waals surface area contributed by atoms with Gasteiger partial charge < -0.3 is 5.11 Å². The lowest BCUT2D eigenvalue weighted by molar-refractivity contribution is 0.0738. The highest BCUT2D eigenvalue weighted by molar-refractivity contribution is 5.85. The van der Waals surface area contributed by atoms with Crippen LogP contribution in [0.4, 0.5) is 0 Å². The smallest absolute Gasteiger partial charge is 0.110 e. The van der Waals surface area contributed by atoms with Gasteiger partial charge >= 0.3 is 0 Å². The summed E-state index contributed by atoms with van der Waals surface area (Å²) >= 11 is 0. The summed E-state index contributed by atoms with van der Waals surface area (Å²) < 4.78 is 0. The molecule has 1 aliphatic rings. The number of hydrogen-bond acceptors (Lipinski definition) is 2. The molecule has 1 atom stereocenters. The lowest BCUT2D eigenvalue weighted by atomic mass is 9.83. The summed E-state index contributed by atoms with van der Waals surface area (Å²) in [6, 6.07) is 8.07. The van der Waals surface area contributed by atoms with E-state index in [4.69, 9.17) is 0 Å². The van der Waals surface area contributed by atoms with E-state index in [1.807, 2.05) is 36.5 Å². The van der Waals surface area contributed by atoms with Crippen LogP contribution >= 0.6 is 0 Å². The number of fused-ring (bicyclic) bond motifs is 1. The first-order valence-electron chi connectivity index (χ1n) is 6.03. The van der Waals surface area contributed by atoms with Crippen LogP contribution in [0.2, 0.25) is 0 Å². The van der Waals surface area contributed by atoms with E-state index in [1.54, 1.807) is 6.20 Å². The molecule has 0 radical (unpaired) electrons. The molecule has 1 N–H and O–H groups in total. The zero-order valence-electron chi connectivity index (χ0n) is 9.63. The first-order chi connectivity index (χ1) is 8.30. The fourth-order valence-electron chi connectivity index (χ4n) is 2.54. The lowest BCUT2D eigenvalue weighted by Gasteiger charge is -2.28. The van der Waals surface area contributed by atoms with Gasteiger partial charge in [0.25, 0.3) is 0 Å². The molecule has 1 aromatic carbocycles. The maximum absolute atomic E-state index is 10.7. The third-order valence-corrected chi connectivity index (χ3v) is 3.46. The largest absolute Gasteiger partial charge is 0.381 e. The van der Waals surface area contributed by atoms with Crippen LogP contribution in [0.15, 0.2) is 48.8 Å². The highest BCUT2D eigenvalue weighted by atomic mass is 16.3. The van der Waals surface area contributed by atoms with Gasteiger partial charge in [0.05, 0.1) is 0 Å². The maximum atomic E-state index is 10.7. The summed E-state index contributed by atoms with van der Waals surface area (Å²) in [5.41, 5.74) is 0.0816. The van der Waals surface area contributed by atoms with Crippen molar-refractivity contribution >= 4 is 10.8 Å². The van der Waals surface area contributed by atoms with Crippen molar-refractivity contribution in [3.8, 4) is 0 Å². The molecule has 3 rings (SSSR count). The van der Waals surface area contributed by atoms with Crippen LogP contribution in [-0.2, 0) is 5.60 Å². The summed E-state index contributed by atoms with van der Waals surface area (Å²) in [6.07, 6.45) is 10.5. The Bertz CT molecular complexity index is 571. The molecule has 0 amide bonds. The van der Waals surface area contributed by atoms with E-state index in [-0.39, 0.29) is 0 Å². The van der Waals surface area contributed by atoms with Crippen molar-refractivity contribution in [3.63, 3.8) is 0 Å². The average molecular weight is 225 g/mol. The predicted octanol–water partition coefficient (Wildman–Crippen LogP) is 3.16. The molecule has 2 aromatic rings. The van der Waals surface area contributed by atoms with Crippen molar-refractivity contribution in [1.82, 2.24) is 4.98 Å². The molecule has 17 heavy (non-hydrogen) atoms. The van der Waals surface area contributed by atoms with Gasteiger partial charge in [0.2, 0.25) is 0 Å². The summed E-state index contributed by atoms with van der Waals surface area (Å²) in [5, 5.41) is 12.9. The molecule has 0 saturated heterocycles. The average Bonchev–Trinajstić information content (AvgIpc) is 2.39. The summed E-state index contributed by atoms with van der Waals surface area (Å²) in [5.74, 6) is 0. The predicted molar refractivity (Wildman–Crippen MR) is 68.6 cm³/mol. The molecule has 0 aliphatic heterocycles. The van der Waals surface area contributed by atoms with Crippen LogP contribution in [0.25, 0.3) is 10.8 Å². The number of hydrogen-bond donors (Lipinski definition) is 1. The van der Waals surface area contributed by atoms with Gasteiger partial charge in [-0.05, 0) is 24.6 Å². The second kappa shape index (κ2) is 3.97. The van der Waals surface area contributed by atoms with Gasteiger partial charge in [-0.1, -0.05) is 36.4 Å². The number of benzene rings is 1. The third kappa shape index (κ3) is 1.75. The second-order valence-electron chi connectivity index (χ2n) is 4.63. The number of rotatable bonds is 1. The Kier molecular flexibility index (Phi) is 2.45. The zero-order valence-corrected chi connectivity index (χ0v) is 9.63. The first-order valence-corrected chi connectivity index (χ1v) is 6.03. The van der Waals surface area contributed by atoms with Gasteiger partial charge in [-0.25, -0.2) is 0 Å². The van der Waals surface area contributed by atoms with Gasteiger partial charge in [-0.2, -0.15) is 0 Å². The minimum Gasteiger partial charge on any atom is -0.381 e. The Morgan fingerprint density at radius 1 is 1.18 bits per heavy atom. The number of pyridine rings is 1. The molecule has 2 nitrogen and oxygen atoms in total. The molecule has 0 bridgehead atoms. The van der Waals surface area contributed by atoms with Crippen LogP contribution < -0.4 is 0 Å². The quantitative estimate of drug-likeness (QED) is 0.756. The first kappa shape index (κ1) is 10.5. The van der Waals surface area contributed by atoms with Gasteiger partial charge in [0.15, 0.2) is 0 Å². The molecular weight excluding hydrogens is 210 g/mol. The van der Waals surface area contributed by atoms with E-state index in [1.165, 1.54) is 0 Å². The maximum Gasteiger partial charge on any atom is 0.110 e. The fraction of sp³-hybridized carbons (Fsp3) is 0.267. The minimum atomic E-state index is -0.841. The van der Waals surface area contributed by atoms with E-state index in [0.29, 0.717) is 0 Å². The van der Waals surface area contributed by atoms with E-state index in [9.17, 15) is 5.11 Å². The molecular formula is C15H15NO. The van der Waals surface area contributed by atoms with E-state index in [2.05, 4.69) is 11.1 Å². The van der Waals surface area contributed by atoms with Crippen LogP contribution in [0.1, 0.15) is 24.8 Å². The van der Waals surface area contributed by atoms with E-state index in [0.717, 1.165) is 35.6 Å². The van der Waals surface area contributed by atoms with E-state index < -0.39 is 5.60 Å². The third-order valence-electron chi connectivity index (χ3n) is 3.46. The Morgan fingerprint density at radius 2 is 2.06 bits per heavy atom. The number of aliphatic hydroxyl groups is 1. The highest BCUT2D eigenvalue weighted by Crippen LogP contribution is 2.35. The van der Waals surface area contributed by atoms with Gasteiger partial charge in [-0.3, -0.25) is 4.98 Å². The second-order valence-corrected chi connectivity index (χ2v) is 4.63. The summed E-state index contributed by atoms with van der Waals surface area (Å²) in [7, 11) is 0. The standard InChI is InChI=1S/C15H15NO/c17-15(8-4-1-5-9-15)14-11-16-10-12-6-2-3-7-13(12)14/h2-4,6-8,10-11,17H,1,5,9H2. The van der Waals surface area contributed by atoms with E-state index >= 15 is 0 Å². The molecule has 0 spiro atoms. The van der Waals surface area contributed by atoms with Gasteiger partial charge in [-0.15, -0.1) is 0 Å². The van der Waals surface area contributed by atoms with Gasteiger partial charge in [0.1, 0.15) is 5.60 Å². The zero-order chi connectivity index (χ0) is 11.7.